The number of rotatable bonds is 3. The van der Waals surface area contributed by atoms with E-state index in [1.807, 2.05) is 0 Å². The fourth-order valence-corrected chi connectivity index (χ4v) is 3.81. The van der Waals surface area contributed by atoms with Gasteiger partial charge in [-0.1, -0.05) is 18.2 Å². The van der Waals surface area contributed by atoms with Crippen LogP contribution in [0.2, 0.25) is 0 Å². The molecule has 2 amide bonds. The van der Waals surface area contributed by atoms with Crippen molar-refractivity contribution in [3.8, 4) is 0 Å². The number of para-hydroxylation sites is 1. The number of carbonyl (C=O) groups is 2. The summed E-state index contributed by atoms with van der Waals surface area (Å²) in [6.07, 6.45) is 0. The third-order valence-corrected chi connectivity index (χ3v) is 5.52. The summed E-state index contributed by atoms with van der Waals surface area (Å²) in [5.41, 5.74) is -0.145. The Morgan fingerprint density at radius 3 is 2.39 bits per heavy atom. The van der Waals surface area contributed by atoms with Crippen LogP contribution >= 0.6 is 0 Å². The molecule has 31 heavy (non-hydrogen) atoms. The third kappa shape index (κ3) is 3.98. The topological polar surface area (TPSA) is 95.5 Å². The number of hydrogen-bond acceptors (Lipinski definition) is 4. The van der Waals surface area contributed by atoms with Crippen LogP contribution in [0.15, 0.2) is 52.1 Å². The highest BCUT2D eigenvalue weighted by Crippen LogP contribution is 2.17. The number of nitrogens with zero attached hydrogens (tertiary/aromatic N) is 3. The van der Waals surface area contributed by atoms with Crippen molar-refractivity contribution in [3.05, 3.63) is 80.2 Å². The molecule has 1 saturated heterocycles. The number of carbonyl (C=O) groups excluding carboxylic acids is 2. The van der Waals surface area contributed by atoms with Crippen molar-refractivity contribution >= 4 is 22.7 Å². The van der Waals surface area contributed by atoms with E-state index in [0.717, 1.165) is 0 Å². The molecule has 160 valence electrons. The number of hydrogen-bond donors (Lipinski definition) is 1. The number of H-pyrrole nitrogens is 1. The molecule has 1 N–H and O–H groups in total. The van der Waals surface area contributed by atoms with E-state index in [0.29, 0.717) is 42.6 Å². The Balaban J connectivity index is 1.63. The summed E-state index contributed by atoms with van der Waals surface area (Å²) >= 11 is 0. The first-order valence-electron chi connectivity index (χ1n) is 9.90. The Bertz CT molecular complexity index is 1290. The molecule has 0 aliphatic carbocycles. The van der Waals surface area contributed by atoms with E-state index < -0.39 is 23.0 Å². The van der Waals surface area contributed by atoms with Gasteiger partial charge in [0.1, 0.15) is 5.82 Å². The summed E-state index contributed by atoms with van der Waals surface area (Å²) in [6, 6.07) is 10.8. The molecule has 0 spiro atoms. The number of halogens is 1. The maximum atomic E-state index is 14.5. The van der Waals surface area contributed by atoms with Crippen LogP contribution in [0.25, 0.3) is 10.9 Å². The number of benzene rings is 2. The van der Waals surface area contributed by atoms with Gasteiger partial charge in [0.05, 0.1) is 23.0 Å². The number of fused-ring (bicyclic) bond motifs is 1. The SMILES string of the molecule is CC(=O)N1CCN(C(=O)c2cc(Cn3c(=O)[nH]c(=O)c4ccccc43)ccc2F)CC1. The molecular weight excluding hydrogens is 403 g/mol. The van der Waals surface area contributed by atoms with Crippen LogP contribution in [-0.2, 0) is 11.3 Å². The molecule has 0 unspecified atom stereocenters. The van der Waals surface area contributed by atoms with Gasteiger partial charge in [0.15, 0.2) is 0 Å². The van der Waals surface area contributed by atoms with E-state index in [4.69, 9.17) is 0 Å². The standard InChI is InChI=1S/C22H21FN4O4/c1-14(28)25-8-10-26(11-9-25)21(30)17-12-15(6-7-18(17)23)13-27-19-5-3-2-4-16(19)20(29)24-22(27)31/h2-7,12H,8-11,13H2,1H3,(H,24,29,31). The van der Waals surface area contributed by atoms with E-state index >= 15 is 0 Å². The lowest BCUT2D eigenvalue weighted by atomic mass is 10.1. The van der Waals surface area contributed by atoms with Crippen molar-refractivity contribution in [2.24, 2.45) is 0 Å². The molecule has 3 aromatic rings. The molecule has 0 bridgehead atoms. The fourth-order valence-electron chi connectivity index (χ4n) is 3.81. The predicted octanol–water partition coefficient (Wildman–Crippen LogP) is 1.18. The highest BCUT2D eigenvalue weighted by molar-refractivity contribution is 5.95. The molecular formula is C22H21FN4O4. The first-order chi connectivity index (χ1) is 14.8. The maximum absolute atomic E-state index is 14.5. The normalized spacial score (nSPS) is 14.1. The van der Waals surface area contributed by atoms with Crippen molar-refractivity contribution < 1.29 is 14.0 Å². The number of aromatic nitrogens is 2. The Kier molecular flexibility index (Phi) is 5.41. The fraction of sp³-hybridized carbons (Fsp3) is 0.273. The molecule has 9 heteroatoms. The number of amides is 2. The lowest BCUT2D eigenvalue weighted by molar-refractivity contribution is -0.130. The van der Waals surface area contributed by atoms with Crippen LogP contribution in [-0.4, -0.2) is 57.3 Å². The molecule has 1 fully saturated rings. The van der Waals surface area contributed by atoms with E-state index in [-0.39, 0.29) is 18.0 Å². The van der Waals surface area contributed by atoms with Gasteiger partial charge in [-0.15, -0.1) is 0 Å². The van der Waals surface area contributed by atoms with Crippen LogP contribution in [0.5, 0.6) is 0 Å². The van der Waals surface area contributed by atoms with E-state index in [1.54, 1.807) is 29.2 Å². The van der Waals surface area contributed by atoms with Crippen molar-refractivity contribution in [2.75, 3.05) is 26.2 Å². The van der Waals surface area contributed by atoms with Crippen molar-refractivity contribution in [1.29, 1.82) is 0 Å². The van der Waals surface area contributed by atoms with Gasteiger partial charge in [-0.05, 0) is 29.8 Å². The first kappa shape index (κ1) is 20.5. The summed E-state index contributed by atoms with van der Waals surface area (Å²) in [5.74, 6) is -1.17. The minimum Gasteiger partial charge on any atom is -0.339 e. The zero-order valence-corrected chi connectivity index (χ0v) is 16.9. The van der Waals surface area contributed by atoms with E-state index in [9.17, 15) is 23.6 Å². The second-order valence-electron chi connectivity index (χ2n) is 7.48. The Morgan fingerprint density at radius 1 is 1.00 bits per heavy atom. The minimum atomic E-state index is -0.651. The lowest BCUT2D eigenvalue weighted by Crippen LogP contribution is -2.50. The Labute approximate surface area is 176 Å². The van der Waals surface area contributed by atoms with Crippen LogP contribution < -0.4 is 11.2 Å². The van der Waals surface area contributed by atoms with Crippen molar-refractivity contribution in [3.63, 3.8) is 0 Å². The van der Waals surface area contributed by atoms with Crippen molar-refractivity contribution in [1.82, 2.24) is 19.4 Å². The van der Waals surface area contributed by atoms with Gasteiger partial charge in [-0.25, -0.2) is 9.18 Å². The van der Waals surface area contributed by atoms with Crippen LogP contribution in [0.1, 0.15) is 22.8 Å². The zero-order valence-electron chi connectivity index (χ0n) is 16.9. The molecule has 0 saturated carbocycles. The molecule has 2 aromatic carbocycles. The largest absolute Gasteiger partial charge is 0.339 e. The molecule has 1 aromatic heterocycles. The van der Waals surface area contributed by atoms with Crippen molar-refractivity contribution in [2.45, 2.75) is 13.5 Å². The summed E-state index contributed by atoms with van der Waals surface area (Å²) < 4.78 is 15.9. The lowest BCUT2D eigenvalue weighted by Gasteiger charge is -2.34. The molecule has 4 rings (SSSR count). The third-order valence-electron chi connectivity index (χ3n) is 5.52. The highest BCUT2D eigenvalue weighted by Gasteiger charge is 2.25. The van der Waals surface area contributed by atoms with Gasteiger partial charge >= 0.3 is 5.69 Å². The summed E-state index contributed by atoms with van der Waals surface area (Å²) in [4.78, 5) is 54.3. The summed E-state index contributed by atoms with van der Waals surface area (Å²) in [7, 11) is 0. The Hall–Kier alpha value is -3.75. The van der Waals surface area contributed by atoms with Crippen LogP contribution in [0.4, 0.5) is 4.39 Å². The number of aromatic amines is 1. The zero-order chi connectivity index (χ0) is 22.1. The van der Waals surface area contributed by atoms with Gasteiger partial charge in [-0.3, -0.25) is 23.9 Å². The number of nitrogens with one attached hydrogen (secondary N) is 1. The molecule has 0 radical (unpaired) electrons. The second-order valence-corrected chi connectivity index (χ2v) is 7.48. The minimum absolute atomic E-state index is 0.0566. The average Bonchev–Trinajstić information content (AvgIpc) is 2.77. The van der Waals surface area contributed by atoms with Gasteiger partial charge in [0, 0.05) is 33.1 Å². The highest BCUT2D eigenvalue weighted by atomic mass is 19.1. The maximum Gasteiger partial charge on any atom is 0.329 e. The number of piperazine rings is 1. The monoisotopic (exact) mass is 424 g/mol. The molecule has 2 heterocycles. The summed E-state index contributed by atoms with van der Waals surface area (Å²) in [5, 5.41) is 0.365. The van der Waals surface area contributed by atoms with Gasteiger partial charge < -0.3 is 9.80 Å². The van der Waals surface area contributed by atoms with Gasteiger partial charge in [0.2, 0.25) is 5.91 Å². The molecule has 8 nitrogen and oxygen atoms in total. The second kappa shape index (κ2) is 8.17. The first-order valence-corrected chi connectivity index (χ1v) is 9.90. The molecule has 1 aliphatic rings. The Morgan fingerprint density at radius 2 is 1.68 bits per heavy atom. The van der Waals surface area contributed by atoms with Crippen LogP contribution in [0.3, 0.4) is 0 Å². The van der Waals surface area contributed by atoms with Gasteiger partial charge in [-0.2, -0.15) is 0 Å². The summed E-state index contributed by atoms with van der Waals surface area (Å²) in [6.45, 7) is 3.00. The van der Waals surface area contributed by atoms with E-state index in [1.165, 1.54) is 34.6 Å². The van der Waals surface area contributed by atoms with E-state index in [2.05, 4.69) is 4.98 Å². The quantitative estimate of drug-likeness (QED) is 0.683. The molecule has 0 atom stereocenters. The smallest absolute Gasteiger partial charge is 0.329 e. The van der Waals surface area contributed by atoms with Gasteiger partial charge in [0.25, 0.3) is 11.5 Å². The molecule has 1 aliphatic heterocycles. The predicted molar refractivity (Wildman–Crippen MR) is 112 cm³/mol. The van der Waals surface area contributed by atoms with Crippen LogP contribution in [0, 0.1) is 5.82 Å². The average molecular weight is 424 g/mol.